The number of carbonyl (C=O) groups is 3. The molecule has 2 aromatic rings. The maximum absolute atomic E-state index is 12.1. The van der Waals surface area contributed by atoms with E-state index >= 15 is 0 Å². The Morgan fingerprint density at radius 1 is 1.00 bits per heavy atom. The Balaban J connectivity index is 1.90. The molecule has 3 amide bonds. The van der Waals surface area contributed by atoms with Gasteiger partial charge in [-0.1, -0.05) is 0 Å². The minimum absolute atomic E-state index is 0.0824. The van der Waals surface area contributed by atoms with Crippen molar-refractivity contribution in [2.24, 2.45) is 0 Å². The fourth-order valence-corrected chi connectivity index (χ4v) is 2.02. The summed E-state index contributed by atoms with van der Waals surface area (Å²) >= 11 is 0. The van der Waals surface area contributed by atoms with Gasteiger partial charge in [0.2, 0.25) is 0 Å². The summed E-state index contributed by atoms with van der Waals surface area (Å²) < 4.78 is 15.2. The number of methoxy groups -OCH3 is 2. The Morgan fingerprint density at radius 2 is 1.73 bits per heavy atom. The fourth-order valence-electron chi connectivity index (χ4n) is 2.02. The van der Waals surface area contributed by atoms with Crippen LogP contribution >= 0.6 is 0 Å². The molecule has 0 aliphatic carbocycles. The quantitative estimate of drug-likeness (QED) is 0.657. The number of nitrogens with one attached hydrogen (secondary N) is 3. The summed E-state index contributed by atoms with van der Waals surface area (Å²) in [6.07, 6.45) is 1.35. The normalized spacial score (nSPS) is 11.2. The number of rotatable bonds is 6. The Hall–Kier alpha value is -3.49. The van der Waals surface area contributed by atoms with Crippen LogP contribution in [0.5, 0.6) is 11.5 Å². The lowest BCUT2D eigenvalue weighted by Crippen LogP contribution is -2.51. The summed E-state index contributed by atoms with van der Waals surface area (Å²) in [4.78, 5) is 35.9. The van der Waals surface area contributed by atoms with Gasteiger partial charge < -0.3 is 19.2 Å². The summed E-state index contributed by atoms with van der Waals surface area (Å²) in [5.74, 6) is -0.752. The number of benzene rings is 1. The van der Waals surface area contributed by atoms with E-state index in [9.17, 15) is 14.4 Å². The highest BCUT2D eigenvalue weighted by Crippen LogP contribution is 2.27. The van der Waals surface area contributed by atoms with Gasteiger partial charge in [-0.25, -0.2) is 0 Å². The van der Waals surface area contributed by atoms with Crippen molar-refractivity contribution >= 4 is 17.7 Å². The van der Waals surface area contributed by atoms with Gasteiger partial charge in [-0.05, 0) is 37.3 Å². The summed E-state index contributed by atoms with van der Waals surface area (Å²) in [6.45, 7) is 1.47. The number of hydrogen-bond acceptors (Lipinski definition) is 6. The van der Waals surface area contributed by atoms with E-state index in [1.165, 1.54) is 45.6 Å². The van der Waals surface area contributed by atoms with Crippen molar-refractivity contribution in [1.82, 2.24) is 16.2 Å². The molecule has 138 valence electrons. The van der Waals surface area contributed by atoms with Crippen LogP contribution in [0.3, 0.4) is 0 Å². The SMILES string of the molecule is COc1ccc(C(=O)NNC(=O)[C@@H](C)NC(=O)c2ccco2)cc1OC. The number of furan rings is 1. The number of hydrogen-bond donors (Lipinski definition) is 3. The van der Waals surface area contributed by atoms with Crippen molar-refractivity contribution in [3.05, 3.63) is 47.9 Å². The minimum atomic E-state index is -0.890. The molecule has 0 aliphatic heterocycles. The van der Waals surface area contributed by atoms with Crippen LogP contribution in [-0.4, -0.2) is 38.0 Å². The van der Waals surface area contributed by atoms with Gasteiger partial charge in [0.15, 0.2) is 17.3 Å². The third-order valence-electron chi connectivity index (χ3n) is 3.43. The van der Waals surface area contributed by atoms with E-state index in [1.54, 1.807) is 12.1 Å². The summed E-state index contributed by atoms with van der Waals surface area (Å²) in [5, 5.41) is 2.45. The number of ether oxygens (including phenoxy) is 2. The summed E-state index contributed by atoms with van der Waals surface area (Å²) in [5.41, 5.74) is 4.77. The number of carbonyl (C=O) groups excluding carboxylic acids is 3. The van der Waals surface area contributed by atoms with Crippen LogP contribution in [0.2, 0.25) is 0 Å². The number of hydrazine groups is 1. The molecule has 0 saturated carbocycles. The highest BCUT2D eigenvalue weighted by molar-refractivity contribution is 5.98. The van der Waals surface area contributed by atoms with Gasteiger partial charge in [-0.2, -0.15) is 0 Å². The zero-order valence-corrected chi connectivity index (χ0v) is 14.5. The standard InChI is InChI=1S/C17H19N3O6/c1-10(18-17(23)13-5-4-8-26-13)15(21)19-20-16(22)11-6-7-12(24-2)14(9-11)25-3/h4-10H,1-3H3,(H,18,23)(H,19,21)(H,20,22)/t10-/m1/s1. The topological polar surface area (TPSA) is 119 Å². The van der Waals surface area contributed by atoms with E-state index in [2.05, 4.69) is 16.2 Å². The predicted molar refractivity (Wildman–Crippen MR) is 90.8 cm³/mol. The molecular formula is C17H19N3O6. The highest BCUT2D eigenvalue weighted by Gasteiger charge is 2.19. The van der Waals surface area contributed by atoms with Gasteiger partial charge in [-0.3, -0.25) is 25.2 Å². The molecule has 0 aliphatic rings. The molecule has 0 radical (unpaired) electrons. The van der Waals surface area contributed by atoms with Crippen LogP contribution < -0.4 is 25.6 Å². The van der Waals surface area contributed by atoms with Crippen molar-refractivity contribution in [2.75, 3.05) is 14.2 Å². The second-order valence-electron chi connectivity index (χ2n) is 5.19. The van der Waals surface area contributed by atoms with E-state index in [-0.39, 0.29) is 11.3 Å². The van der Waals surface area contributed by atoms with E-state index in [1.807, 2.05) is 0 Å². The molecule has 26 heavy (non-hydrogen) atoms. The van der Waals surface area contributed by atoms with Crippen LogP contribution in [-0.2, 0) is 4.79 Å². The van der Waals surface area contributed by atoms with E-state index in [0.29, 0.717) is 11.5 Å². The molecule has 0 fully saturated rings. The molecule has 1 aromatic carbocycles. The van der Waals surface area contributed by atoms with Crippen molar-refractivity contribution in [3.8, 4) is 11.5 Å². The van der Waals surface area contributed by atoms with Crippen molar-refractivity contribution < 1.29 is 28.3 Å². The zero-order valence-electron chi connectivity index (χ0n) is 14.5. The third-order valence-corrected chi connectivity index (χ3v) is 3.43. The second-order valence-corrected chi connectivity index (χ2v) is 5.19. The van der Waals surface area contributed by atoms with Crippen LogP contribution in [0.1, 0.15) is 27.8 Å². The van der Waals surface area contributed by atoms with Gasteiger partial charge >= 0.3 is 0 Å². The maximum atomic E-state index is 12.1. The van der Waals surface area contributed by atoms with E-state index in [0.717, 1.165) is 0 Å². The van der Waals surface area contributed by atoms with Gasteiger partial charge in [-0.15, -0.1) is 0 Å². The molecular weight excluding hydrogens is 342 g/mol. The lowest BCUT2D eigenvalue weighted by Gasteiger charge is -2.14. The molecule has 1 heterocycles. The van der Waals surface area contributed by atoms with Crippen LogP contribution in [0.25, 0.3) is 0 Å². The zero-order chi connectivity index (χ0) is 19.1. The van der Waals surface area contributed by atoms with Crippen molar-refractivity contribution in [1.29, 1.82) is 0 Å². The average molecular weight is 361 g/mol. The van der Waals surface area contributed by atoms with Crippen LogP contribution in [0, 0.1) is 0 Å². The van der Waals surface area contributed by atoms with Crippen molar-refractivity contribution in [2.45, 2.75) is 13.0 Å². The first-order valence-electron chi connectivity index (χ1n) is 7.63. The van der Waals surface area contributed by atoms with Gasteiger partial charge in [0.05, 0.1) is 20.5 Å². The molecule has 1 atom stereocenters. The molecule has 0 spiro atoms. The largest absolute Gasteiger partial charge is 0.493 e. The van der Waals surface area contributed by atoms with Crippen molar-refractivity contribution in [3.63, 3.8) is 0 Å². The minimum Gasteiger partial charge on any atom is -0.493 e. The molecule has 0 unspecified atom stereocenters. The number of amides is 3. The first kappa shape index (κ1) is 18.8. The molecule has 2 rings (SSSR count). The van der Waals surface area contributed by atoms with Gasteiger partial charge in [0.1, 0.15) is 6.04 Å². The van der Waals surface area contributed by atoms with Gasteiger partial charge in [0.25, 0.3) is 17.7 Å². The summed E-state index contributed by atoms with van der Waals surface area (Å²) in [6, 6.07) is 6.70. The average Bonchev–Trinajstić information content (AvgIpc) is 3.19. The van der Waals surface area contributed by atoms with Crippen LogP contribution in [0.4, 0.5) is 0 Å². The first-order valence-corrected chi connectivity index (χ1v) is 7.63. The Labute approximate surface area is 149 Å². The fraction of sp³-hybridized carbons (Fsp3) is 0.235. The van der Waals surface area contributed by atoms with Crippen LogP contribution in [0.15, 0.2) is 41.0 Å². The Morgan fingerprint density at radius 3 is 2.35 bits per heavy atom. The van der Waals surface area contributed by atoms with E-state index in [4.69, 9.17) is 13.9 Å². The Kier molecular flexibility index (Phi) is 6.20. The summed E-state index contributed by atoms with van der Waals surface area (Å²) in [7, 11) is 2.93. The Bertz CT molecular complexity index is 788. The molecule has 9 nitrogen and oxygen atoms in total. The van der Waals surface area contributed by atoms with E-state index < -0.39 is 23.8 Å². The monoisotopic (exact) mass is 361 g/mol. The first-order chi connectivity index (χ1) is 12.5. The predicted octanol–water partition coefficient (Wildman–Crippen LogP) is 0.876. The third kappa shape index (κ3) is 4.53. The van der Waals surface area contributed by atoms with Gasteiger partial charge in [0, 0.05) is 5.56 Å². The molecule has 1 aromatic heterocycles. The maximum Gasteiger partial charge on any atom is 0.287 e. The molecule has 3 N–H and O–H groups in total. The smallest absolute Gasteiger partial charge is 0.287 e. The highest BCUT2D eigenvalue weighted by atomic mass is 16.5. The second kappa shape index (κ2) is 8.56. The molecule has 0 bridgehead atoms. The molecule has 0 saturated heterocycles. The lowest BCUT2D eigenvalue weighted by molar-refractivity contribution is -0.123. The molecule has 9 heteroatoms. The lowest BCUT2D eigenvalue weighted by atomic mass is 10.2.